The van der Waals surface area contributed by atoms with Crippen LogP contribution in [0.1, 0.15) is 37.7 Å². The molecule has 1 aliphatic carbocycles. The van der Waals surface area contributed by atoms with Crippen molar-refractivity contribution in [3.05, 3.63) is 34.9 Å². The number of carbonyl (C=O) groups excluding carboxylic acids is 1. The maximum atomic E-state index is 12.7. The van der Waals surface area contributed by atoms with E-state index in [0.717, 1.165) is 49.9 Å². The highest BCUT2D eigenvalue weighted by atomic mass is 35.5. The van der Waals surface area contributed by atoms with E-state index in [4.69, 9.17) is 16.4 Å². The predicted octanol–water partition coefficient (Wildman–Crippen LogP) is 3.44. The van der Waals surface area contributed by atoms with Crippen LogP contribution in [0.2, 0.25) is 5.02 Å². The minimum atomic E-state index is -0.262. The minimum Gasteiger partial charge on any atom is -0.369 e. The fourth-order valence-corrected chi connectivity index (χ4v) is 4.00. The number of hydrogen-bond donors (Lipinski definition) is 0. The fourth-order valence-electron chi connectivity index (χ4n) is 3.81. The lowest BCUT2D eigenvalue weighted by atomic mass is 10.0. The molecule has 2 heterocycles. The third-order valence-electron chi connectivity index (χ3n) is 5.09. The van der Waals surface area contributed by atoms with Crippen LogP contribution in [0.4, 0.5) is 0 Å². The van der Waals surface area contributed by atoms with Gasteiger partial charge in [-0.05, 0) is 43.4 Å². The number of rotatable bonds is 1. The van der Waals surface area contributed by atoms with Gasteiger partial charge < -0.3 is 9.74 Å². The van der Waals surface area contributed by atoms with Gasteiger partial charge in [0.25, 0.3) is 0 Å². The van der Waals surface area contributed by atoms with Gasteiger partial charge in [-0.1, -0.05) is 41.6 Å². The van der Waals surface area contributed by atoms with Gasteiger partial charge in [-0.25, -0.2) is 0 Å². The van der Waals surface area contributed by atoms with Crippen LogP contribution in [0.25, 0.3) is 0 Å². The molecule has 0 N–H and O–H groups in total. The molecule has 1 saturated heterocycles. The fraction of sp³-hybridized carbons (Fsp3) is 0.474. The molecule has 5 heteroatoms. The number of nitrogens with zero attached hydrogens (tertiary/aromatic N) is 2. The number of hydrogen-bond acceptors (Lipinski definition) is 3. The maximum Gasteiger partial charge on any atom is 0.228 e. The summed E-state index contributed by atoms with van der Waals surface area (Å²) in [5.74, 6) is 6.70. The third kappa shape index (κ3) is 2.89. The molecule has 2 atom stereocenters. The quantitative estimate of drug-likeness (QED) is 0.734. The van der Waals surface area contributed by atoms with Gasteiger partial charge in [-0.15, -0.1) is 0 Å². The van der Waals surface area contributed by atoms with Crippen LogP contribution >= 0.6 is 11.6 Å². The van der Waals surface area contributed by atoms with Crippen LogP contribution in [-0.2, 0) is 9.63 Å². The summed E-state index contributed by atoms with van der Waals surface area (Å²) in [7, 11) is 0. The van der Waals surface area contributed by atoms with Crippen molar-refractivity contribution in [3.8, 4) is 11.8 Å². The van der Waals surface area contributed by atoms with Crippen molar-refractivity contribution in [1.82, 2.24) is 4.90 Å². The van der Waals surface area contributed by atoms with E-state index in [0.29, 0.717) is 5.02 Å². The molecule has 1 aromatic carbocycles. The molecule has 1 aromatic rings. The summed E-state index contributed by atoms with van der Waals surface area (Å²) in [6.45, 7) is 0.739. The molecule has 0 spiro atoms. The highest BCUT2D eigenvalue weighted by Crippen LogP contribution is 2.35. The van der Waals surface area contributed by atoms with E-state index in [9.17, 15) is 4.79 Å². The molecule has 1 saturated carbocycles. The van der Waals surface area contributed by atoms with Crippen LogP contribution in [0.15, 0.2) is 29.4 Å². The zero-order valence-electron chi connectivity index (χ0n) is 13.4. The van der Waals surface area contributed by atoms with Gasteiger partial charge in [-0.2, -0.15) is 0 Å². The van der Waals surface area contributed by atoms with Crippen molar-refractivity contribution < 1.29 is 9.63 Å². The summed E-state index contributed by atoms with van der Waals surface area (Å²) < 4.78 is 0. The Labute approximate surface area is 146 Å². The Morgan fingerprint density at radius 3 is 2.88 bits per heavy atom. The Morgan fingerprint density at radius 2 is 2.08 bits per heavy atom. The first-order valence-electron chi connectivity index (χ1n) is 8.54. The second-order valence-electron chi connectivity index (χ2n) is 6.64. The zero-order valence-corrected chi connectivity index (χ0v) is 14.1. The first-order chi connectivity index (χ1) is 11.7. The van der Waals surface area contributed by atoms with Crippen LogP contribution < -0.4 is 0 Å². The van der Waals surface area contributed by atoms with E-state index in [1.54, 1.807) is 0 Å². The first-order valence-corrected chi connectivity index (χ1v) is 8.92. The molecule has 1 amide bonds. The summed E-state index contributed by atoms with van der Waals surface area (Å²) in [5, 5.41) is 4.80. The minimum absolute atomic E-state index is 0.0991. The standard InChI is InChI=1S/C19H19ClN2O2/c20-15-7-3-4-13(12-15)8-9-17-16-10-11-22(19(16)24-21-17)18(23)14-5-1-2-6-14/h3-4,7,12,14,16,19H,1-2,5-6,10-11H2. The number of likely N-dealkylation sites (tertiary alicyclic amines) is 1. The van der Waals surface area contributed by atoms with Crippen molar-refractivity contribution in [2.75, 3.05) is 6.54 Å². The second-order valence-corrected chi connectivity index (χ2v) is 7.08. The average Bonchev–Trinajstić information content (AvgIpc) is 3.30. The highest BCUT2D eigenvalue weighted by Gasteiger charge is 2.46. The Kier molecular flexibility index (Phi) is 4.20. The molecular formula is C19H19ClN2O2. The van der Waals surface area contributed by atoms with Gasteiger partial charge in [0.1, 0.15) is 5.71 Å². The van der Waals surface area contributed by atoms with E-state index >= 15 is 0 Å². The molecule has 0 aromatic heterocycles. The predicted molar refractivity (Wildman–Crippen MR) is 92.4 cm³/mol. The molecule has 4 nitrogen and oxygen atoms in total. The molecule has 24 heavy (non-hydrogen) atoms. The topological polar surface area (TPSA) is 41.9 Å². The van der Waals surface area contributed by atoms with Gasteiger partial charge in [0.05, 0.1) is 5.92 Å². The number of carbonyl (C=O) groups is 1. The van der Waals surface area contributed by atoms with E-state index in [1.165, 1.54) is 0 Å². The van der Waals surface area contributed by atoms with Crippen LogP contribution in [0, 0.1) is 23.7 Å². The summed E-state index contributed by atoms with van der Waals surface area (Å²) >= 11 is 5.98. The lowest BCUT2D eigenvalue weighted by Gasteiger charge is -2.24. The third-order valence-corrected chi connectivity index (χ3v) is 5.32. The monoisotopic (exact) mass is 342 g/mol. The summed E-state index contributed by atoms with van der Waals surface area (Å²) in [4.78, 5) is 20.1. The van der Waals surface area contributed by atoms with Crippen molar-refractivity contribution in [2.45, 2.75) is 38.3 Å². The Balaban J connectivity index is 1.45. The summed E-state index contributed by atoms with van der Waals surface area (Å²) in [6.07, 6.45) is 4.94. The molecule has 0 radical (unpaired) electrons. The Hall–Kier alpha value is -1.99. The van der Waals surface area contributed by atoms with Gasteiger partial charge in [-0.3, -0.25) is 4.79 Å². The Morgan fingerprint density at radius 1 is 1.25 bits per heavy atom. The number of halogens is 1. The van der Waals surface area contributed by atoms with E-state index in [-0.39, 0.29) is 24.0 Å². The second kappa shape index (κ2) is 6.49. The molecular weight excluding hydrogens is 324 g/mol. The number of fused-ring (bicyclic) bond motifs is 1. The van der Waals surface area contributed by atoms with E-state index in [2.05, 4.69) is 17.0 Å². The summed E-state index contributed by atoms with van der Waals surface area (Å²) in [6, 6.07) is 7.44. The van der Waals surface area contributed by atoms with Gasteiger partial charge >= 0.3 is 0 Å². The van der Waals surface area contributed by atoms with Crippen molar-refractivity contribution >= 4 is 23.2 Å². The van der Waals surface area contributed by atoms with Crippen LogP contribution in [0.3, 0.4) is 0 Å². The highest BCUT2D eigenvalue weighted by molar-refractivity contribution is 6.30. The van der Waals surface area contributed by atoms with Crippen molar-refractivity contribution in [2.24, 2.45) is 17.0 Å². The first kappa shape index (κ1) is 15.5. The number of benzene rings is 1. The smallest absolute Gasteiger partial charge is 0.228 e. The Bertz CT molecular complexity index is 743. The van der Waals surface area contributed by atoms with E-state index in [1.807, 2.05) is 29.2 Å². The van der Waals surface area contributed by atoms with E-state index < -0.39 is 0 Å². The molecule has 124 valence electrons. The summed E-state index contributed by atoms with van der Waals surface area (Å²) in [5.41, 5.74) is 1.59. The van der Waals surface area contributed by atoms with Crippen molar-refractivity contribution in [3.63, 3.8) is 0 Å². The lowest BCUT2D eigenvalue weighted by molar-refractivity contribution is -0.145. The number of amides is 1. The molecule has 2 unspecified atom stereocenters. The molecule has 0 bridgehead atoms. The van der Waals surface area contributed by atoms with Crippen LogP contribution in [0.5, 0.6) is 0 Å². The average molecular weight is 343 g/mol. The van der Waals surface area contributed by atoms with Crippen molar-refractivity contribution in [1.29, 1.82) is 0 Å². The maximum absolute atomic E-state index is 12.7. The molecule has 2 aliphatic heterocycles. The molecule has 2 fully saturated rings. The zero-order chi connectivity index (χ0) is 16.5. The largest absolute Gasteiger partial charge is 0.369 e. The number of oxime groups is 1. The van der Waals surface area contributed by atoms with Gasteiger partial charge in [0, 0.05) is 23.0 Å². The molecule has 4 rings (SSSR count). The lowest BCUT2D eigenvalue weighted by Crippen LogP contribution is -2.41. The SMILES string of the molecule is O=C(C1CCCC1)N1CCC2C(C#Cc3cccc(Cl)c3)=NOC21. The van der Waals surface area contributed by atoms with Crippen LogP contribution in [-0.4, -0.2) is 29.3 Å². The van der Waals surface area contributed by atoms with Gasteiger partial charge in [0.2, 0.25) is 12.1 Å². The van der Waals surface area contributed by atoms with Gasteiger partial charge in [0.15, 0.2) is 0 Å². The molecule has 3 aliphatic rings. The normalized spacial score (nSPS) is 25.7.